The van der Waals surface area contributed by atoms with Crippen molar-refractivity contribution in [2.75, 3.05) is 5.32 Å². The van der Waals surface area contributed by atoms with E-state index in [0.717, 1.165) is 11.6 Å². The summed E-state index contributed by atoms with van der Waals surface area (Å²) in [7, 11) is 0. The van der Waals surface area contributed by atoms with Crippen LogP contribution in [0.3, 0.4) is 0 Å². The molecule has 0 aliphatic heterocycles. The van der Waals surface area contributed by atoms with Gasteiger partial charge in [0, 0.05) is 11.8 Å². The Balaban J connectivity index is 2.38. The number of carbonyl (C=O) groups excluding carboxylic acids is 1. The molecule has 0 unspecified atom stereocenters. The molecule has 0 heterocycles. The van der Waals surface area contributed by atoms with E-state index in [1.165, 1.54) is 12.1 Å². The van der Waals surface area contributed by atoms with Crippen LogP contribution in [-0.4, -0.2) is 15.9 Å². The molecule has 7 nitrogen and oxygen atoms in total. The number of hydrogen-bond donors (Lipinski definition) is 2. The van der Waals surface area contributed by atoms with E-state index in [-0.39, 0.29) is 15.6 Å². The fourth-order valence-corrected chi connectivity index (χ4v) is 2.51. The third-order valence-corrected chi connectivity index (χ3v) is 3.94. The summed E-state index contributed by atoms with van der Waals surface area (Å²) < 4.78 is 0.0875. The molecule has 0 aromatic heterocycles. The Morgan fingerprint density at radius 1 is 1.40 bits per heavy atom. The molecule has 8 heteroatoms. The van der Waals surface area contributed by atoms with Gasteiger partial charge in [-0.2, -0.15) is 5.26 Å². The summed E-state index contributed by atoms with van der Waals surface area (Å²) in [5.74, 6) is -1.16. The summed E-state index contributed by atoms with van der Waals surface area (Å²) in [6.45, 7) is 1.81. The van der Waals surface area contributed by atoms with Crippen LogP contribution in [0.4, 0.5) is 11.4 Å². The minimum atomic E-state index is -0.753. The predicted molar refractivity (Wildman–Crippen MR) is 95.9 cm³/mol. The second kappa shape index (κ2) is 7.59. The lowest BCUT2D eigenvalue weighted by atomic mass is 10.1. The van der Waals surface area contributed by atoms with Gasteiger partial charge in [0.2, 0.25) is 5.75 Å². The molecular formula is C17H12BrN3O4. The van der Waals surface area contributed by atoms with Crippen LogP contribution in [0, 0.1) is 28.4 Å². The zero-order chi connectivity index (χ0) is 18.6. The highest BCUT2D eigenvalue weighted by molar-refractivity contribution is 9.10. The maximum atomic E-state index is 12.3. The molecule has 0 spiro atoms. The SMILES string of the molecule is Cc1ccccc1NC(=O)/C(C#N)=C/c1cc(Br)c(O)c([N+](=O)[O-])c1. The van der Waals surface area contributed by atoms with E-state index in [1.807, 2.05) is 19.1 Å². The molecule has 2 rings (SSSR count). The first-order valence-electron chi connectivity index (χ1n) is 6.99. The lowest BCUT2D eigenvalue weighted by molar-refractivity contribution is -0.386. The number of nitrogens with zero attached hydrogens (tertiary/aromatic N) is 2. The van der Waals surface area contributed by atoms with E-state index >= 15 is 0 Å². The number of nitriles is 1. The van der Waals surface area contributed by atoms with E-state index in [9.17, 15) is 25.3 Å². The maximum absolute atomic E-state index is 12.3. The molecule has 25 heavy (non-hydrogen) atoms. The van der Waals surface area contributed by atoms with Gasteiger partial charge in [-0.05, 0) is 52.2 Å². The van der Waals surface area contributed by atoms with Gasteiger partial charge in [0.25, 0.3) is 5.91 Å². The van der Waals surface area contributed by atoms with Gasteiger partial charge in [0.15, 0.2) is 0 Å². The second-order valence-corrected chi connectivity index (χ2v) is 5.92. The third kappa shape index (κ3) is 4.22. The van der Waals surface area contributed by atoms with E-state index in [2.05, 4.69) is 21.2 Å². The van der Waals surface area contributed by atoms with Crippen molar-refractivity contribution in [3.8, 4) is 11.8 Å². The summed E-state index contributed by atoms with van der Waals surface area (Å²) in [4.78, 5) is 22.5. The molecule has 0 aliphatic carbocycles. The number of nitro benzene ring substituents is 1. The van der Waals surface area contributed by atoms with Gasteiger partial charge in [-0.3, -0.25) is 14.9 Å². The number of hydrogen-bond acceptors (Lipinski definition) is 5. The summed E-state index contributed by atoms with van der Waals surface area (Å²) in [6.07, 6.45) is 1.21. The van der Waals surface area contributed by atoms with Gasteiger partial charge in [-0.1, -0.05) is 18.2 Å². The molecule has 2 aromatic carbocycles. The molecule has 0 saturated carbocycles. The molecule has 2 N–H and O–H groups in total. The number of phenolic OH excluding ortho intramolecular Hbond substituents is 1. The molecule has 0 radical (unpaired) electrons. The number of halogens is 1. The van der Waals surface area contributed by atoms with Gasteiger partial charge in [-0.25, -0.2) is 0 Å². The van der Waals surface area contributed by atoms with Crippen LogP contribution in [0.5, 0.6) is 5.75 Å². The van der Waals surface area contributed by atoms with E-state index in [4.69, 9.17) is 0 Å². The summed E-state index contributed by atoms with van der Waals surface area (Å²) >= 11 is 3.01. The Bertz CT molecular complexity index is 932. The number of aryl methyl sites for hydroxylation is 1. The first-order valence-corrected chi connectivity index (χ1v) is 7.78. The average Bonchev–Trinajstić information content (AvgIpc) is 2.57. The first kappa shape index (κ1) is 18.2. The molecule has 0 aliphatic rings. The van der Waals surface area contributed by atoms with Gasteiger partial charge in [-0.15, -0.1) is 0 Å². The quantitative estimate of drug-likeness (QED) is 0.348. The zero-order valence-corrected chi connectivity index (χ0v) is 14.6. The number of aromatic hydroxyl groups is 1. The second-order valence-electron chi connectivity index (χ2n) is 5.07. The number of phenols is 1. The molecule has 0 fully saturated rings. The van der Waals surface area contributed by atoms with Crippen LogP contribution in [0.15, 0.2) is 46.4 Å². The predicted octanol–water partition coefficient (Wildman–Crippen LogP) is 3.92. The highest BCUT2D eigenvalue weighted by Gasteiger charge is 2.18. The topological polar surface area (TPSA) is 116 Å². The average molecular weight is 402 g/mol. The first-order chi connectivity index (χ1) is 11.8. The van der Waals surface area contributed by atoms with E-state index in [0.29, 0.717) is 5.69 Å². The highest BCUT2D eigenvalue weighted by Crippen LogP contribution is 2.35. The molecule has 1 amide bonds. The van der Waals surface area contributed by atoms with Crippen molar-refractivity contribution in [3.05, 3.63) is 67.7 Å². The Morgan fingerprint density at radius 3 is 2.68 bits per heavy atom. The number of benzene rings is 2. The van der Waals surface area contributed by atoms with Gasteiger partial charge in [0.1, 0.15) is 11.6 Å². The van der Waals surface area contributed by atoms with Crippen LogP contribution >= 0.6 is 15.9 Å². The Morgan fingerprint density at radius 2 is 2.08 bits per heavy atom. The zero-order valence-electron chi connectivity index (χ0n) is 13.0. The van der Waals surface area contributed by atoms with Crippen LogP contribution in [0.25, 0.3) is 6.08 Å². The van der Waals surface area contributed by atoms with Crippen molar-refractivity contribution >= 4 is 39.3 Å². The van der Waals surface area contributed by atoms with Crippen molar-refractivity contribution < 1.29 is 14.8 Å². The van der Waals surface area contributed by atoms with Crippen LogP contribution < -0.4 is 5.32 Å². The number of nitro groups is 1. The summed E-state index contributed by atoms with van der Waals surface area (Å²) in [5.41, 5.74) is 0.864. The van der Waals surface area contributed by atoms with Gasteiger partial charge in [0.05, 0.1) is 9.40 Å². The number of nitrogens with one attached hydrogen (secondary N) is 1. The largest absolute Gasteiger partial charge is 0.501 e. The van der Waals surface area contributed by atoms with Gasteiger partial charge >= 0.3 is 5.69 Å². The van der Waals surface area contributed by atoms with E-state index < -0.39 is 22.3 Å². The standard InChI is InChI=1S/C17H12BrN3O4/c1-10-4-2-3-5-14(10)20-17(23)12(9-19)6-11-7-13(18)16(22)15(8-11)21(24)25/h2-8,22H,1H3,(H,20,23)/b12-6+. The maximum Gasteiger partial charge on any atom is 0.312 e. The van der Waals surface area contributed by atoms with Crippen molar-refractivity contribution in [2.45, 2.75) is 6.92 Å². The fourth-order valence-electron chi connectivity index (χ4n) is 2.05. The van der Waals surface area contributed by atoms with Crippen molar-refractivity contribution in [1.82, 2.24) is 0 Å². The number of anilines is 1. The smallest absolute Gasteiger partial charge is 0.312 e. The Kier molecular flexibility index (Phi) is 5.52. The van der Waals surface area contributed by atoms with Crippen LogP contribution in [0.1, 0.15) is 11.1 Å². The lowest BCUT2D eigenvalue weighted by Gasteiger charge is -2.07. The Labute approximate surface area is 151 Å². The molecule has 0 atom stereocenters. The molecule has 126 valence electrons. The molecule has 0 saturated heterocycles. The lowest BCUT2D eigenvalue weighted by Crippen LogP contribution is -2.14. The van der Waals surface area contributed by atoms with Gasteiger partial charge < -0.3 is 10.4 Å². The summed E-state index contributed by atoms with van der Waals surface area (Å²) in [6, 6.07) is 11.3. The molecule has 0 bridgehead atoms. The Hall–Kier alpha value is -3.18. The fraction of sp³-hybridized carbons (Fsp3) is 0.0588. The third-order valence-electron chi connectivity index (χ3n) is 3.33. The highest BCUT2D eigenvalue weighted by atomic mass is 79.9. The van der Waals surface area contributed by atoms with Crippen molar-refractivity contribution in [1.29, 1.82) is 5.26 Å². The monoisotopic (exact) mass is 401 g/mol. The van der Waals surface area contributed by atoms with Crippen LogP contribution in [0.2, 0.25) is 0 Å². The number of rotatable bonds is 4. The van der Waals surface area contributed by atoms with E-state index in [1.54, 1.807) is 18.2 Å². The van der Waals surface area contributed by atoms with Crippen LogP contribution in [-0.2, 0) is 4.79 Å². The summed E-state index contributed by atoms with van der Waals surface area (Å²) in [5, 5.41) is 32.5. The van der Waals surface area contributed by atoms with Crippen molar-refractivity contribution in [3.63, 3.8) is 0 Å². The minimum absolute atomic E-state index is 0.0875. The number of para-hydroxylation sites is 1. The molecule has 2 aromatic rings. The number of carbonyl (C=O) groups is 1. The van der Waals surface area contributed by atoms with Crippen molar-refractivity contribution in [2.24, 2.45) is 0 Å². The molecular weight excluding hydrogens is 390 g/mol. The minimum Gasteiger partial charge on any atom is -0.501 e. The normalized spacial score (nSPS) is 10.8. The number of amides is 1.